The van der Waals surface area contributed by atoms with Gasteiger partial charge in [0.25, 0.3) is 0 Å². The molecule has 0 radical (unpaired) electrons. The van der Waals surface area contributed by atoms with Crippen LogP contribution in [0.5, 0.6) is 17.2 Å². The quantitative estimate of drug-likeness (QED) is 0.689. The van der Waals surface area contributed by atoms with E-state index in [2.05, 4.69) is 12.1 Å². The lowest BCUT2D eigenvalue weighted by molar-refractivity contribution is 0.459. The van der Waals surface area contributed by atoms with E-state index in [1.165, 1.54) is 11.1 Å². The zero-order valence-electron chi connectivity index (χ0n) is 11.8. The molecule has 0 aliphatic carbocycles. The van der Waals surface area contributed by atoms with Crippen molar-refractivity contribution in [3.8, 4) is 17.2 Å². The van der Waals surface area contributed by atoms with E-state index in [1.54, 1.807) is 23.9 Å². The summed E-state index contributed by atoms with van der Waals surface area (Å²) in [5, 5.41) is 9.63. The molecular formula is C19H14O2S. The lowest BCUT2D eigenvalue weighted by atomic mass is 10.00. The van der Waals surface area contributed by atoms with Crippen LogP contribution < -0.4 is 4.74 Å². The molecule has 1 heterocycles. The molecular weight excluding hydrogens is 292 g/mol. The highest BCUT2D eigenvalue weighted by molar-refractivity contribution is 7.99. The molecule has 0 saturated carbocycles. The molecule has 3 aromatic rings. The smallest absolute Gasteiger partial charge is 0.132 e. The van der Waals surface area contributed by atoms with Crippen molar-refractivity contribution in [1.29, 1.82) is 0 Å². The van der Waals surface area contributed by atoms with Gasteiger partial charge < -0.3 is 9.84 Å². The van der Waals surface area contributed by atoms with Gasteiger partial charge in [-0.25, -0.2) is 0 Å². The number of ether oxygens (including phenoxy) is 1. The first-order valence-corrected chi connectivity index (χ1v) is 8.00. The standard InChI is InChI=1S/C19H14O2S/c20-13-9-11-14(12-10-13)22-19-15-5-1-3-7-17(15)21-18-8-4-2-6-16(18)19/h1-12,19-20H. The first-order valence-electron chi connectivity index (χ1n) is 7.13. The Labute approximate surface area is 133 Å². The van der Waals surface area contributed by atoms with Crippen molar-refractivity contribution in [3.63, 3.8) is 0 Å². The monoisotopic (exact) mass is 306 g/mol. The second-order valence-electron chi connectivity index (χ2n) is 5.17. The Morgan fingerprint density at radius 2 is 1.27 bits per heavy atom. The van der Waals surface area contributed by atoms with Crippen LogP contribution in [-0.2, 0) is 0 Å². The SMILES string of the molecule is Oc1ccc(SC2c3ccccc3Oc3ccccc32)cc1. The van der Waals surface area contributed by atoms with Crippen LogP contribution in [0.1, 0.15) is 16.4 Å². The summed E-state index contributed by atoms with van der Waals surface area (Å²) in [6.07, 6.45) is 0. The van der Waals surface area contributed by atoms with Crippen LogP contribution in [0, 0.1) is 0 Å². The van der Waals surface area contributed by atoms with Gasteiger partial charge in [-0.15, -0.1) is 11.8 Å². The summed E-state index contributed by atoms with van der Waals surface area (Å²) in [6, 6.07) is 23.7. The zero-order chi connectivity index (χ0) is 14.9. The highest BCUT2D eigenvalue weighted by Gasteiger charge is 2.27. The second-order valence-corrected chi connectivity index (χ2v) is 6.35. The molecule has 0 aromatic heterocycles. The van der Waals surface area contributed by atoms with Gasteiger partial charge in [0.1, 0.15) is 17.2 Å². The average molecular weight is 306 g/mol. The van der Waals surface area contributed by atoms with E-state index in [4.69, 9.17) is 4.74 Å². The van der Waals surface area contributed by atoms with E-state index < -0.39 is 0 Å². The number of fused-ring (bicyclic) bond motifs is 2. The molecule has 108 valence electrons. The largest absolute Gasteiger partial charge is 0.508 e. The van der Waals surface area contributed by atoms with Crippen LogP contribution in [0.3, 0.4) is 0 Å². The molecule has 0 saturated heterocycles. The molecule has 22 heavy (non-hydrogen) atoms. The van der Waals surface area contributed by atoms with E-state index in [-0.39, 0.29) is 11.0 Å². The number of hydrogen-bond acceptors (Lipinski definition) is 3. The van der Waals surface area contributed by atoms with E-state index >= 15 is 0 Å². The van der Waals surface area contributed by atoms with Gasteiger partial charge in [-0.2, -0.15) is 0 Å². The predicted octanol–water partition coefficient (Wildman–Crippen LogP) is 5.38. The number of benzene rings is 3. The van der Waals surface area contributed by atoms with Gasteiger partial charge in [-0.3, -0.25) is 0 Å². The van der Waals surface area contributed by atoms with Crippen LogP contribution in [0.25, 0.3) is 0 Å². The third kappa shape index (κ3) is 2.34. The number of para-hydroxylation sites is 2. The van der Waals surface area contributed by atoms with Crippen LogP contribution in [0.4, 0.5) is 0 Å². The van der Waals surface area contributed by atoms with Crippen molar-refractivity contribution in [2.75, 3.05) is 0 Å². The van der Waals surface area contributed by atoms with Crippen molar-refractivity contribution >= 4 is 11.8 Å². The molecule has 2 nitrogen and oxygen atoms in total. The van der Waals surface area contributed by atoms with E-state index in [0.29, 0.717) is 0 Å². The van der Waals surface area contributed by atoms with E-state index in [9.17, 15) is 5.11 Å². The molecule has 0 amide bonds. The number of phenols is 1. The molecule has 0 atom stereocenters. The summed E-state index contributed by atoms with van der Waals surface area (Å²) in [5.41, 5.74) is 2.36. The van der Waals surface area contributed by atoms with Crippen LogP contribution in [0.15, 0.2) is 77.7 Å². The summed E-state index contributed by atoms with van der Waals surface area (Å²) >= 11 is 1.77. The van der Waals surface area contributed by atoms with Crippen molar-refractivity contribution in [2.45, 2.75) is 10.1 Å². The Hall–Kier alpha value is -2.39. The Kier molecular flexibility index (Phi) is 3.28. The minimum Gasteiger partial charge on any atom is -0.508 e. The van der Waals surface area contributed by atoms with Crippen LogP contribution in [0.2, 0.25) is 0 Å². The Morgan fingerprint density at radius 3 is 1.86 bits per heavy atom. The minimum absolute atomic E-state index is 0.186. The Balaban J connectivity index is 1.79. The summed E-state index contributed by atoms with van der Waals surface area (Å²) in [6.45, 7) is 0. The number of thioether (sulfide) groups is 1. The van der Waals surface area contributed by atoms with Crippen molar-refractivity contribution in [3.05, 3.63) is 83.9 Å². The lowest BCUT2D eigenvalue weighted by Gasteiger charge is -2.27. The molecule has 1 aliphatic heterocycles. The summed E-state index contributed by atoms with van der Waals surface area (Å²) in [7, 11) is 0. The highest BCUT2D eigenvalue weighted by Crippen LogP contribution is 2.51. The molecule has 4 rings (SSSR count). The van der Waals surface area contributed by atoms with Gasteiger partial charge in [0.05, 0.1) is 5.25 Å². The summed E-state index contributed by atoms with van der Waals surface area (Å²) in [5.74, 6) is 2.12. The molecule has 3 heteroatoms. The Morgan fingerprint density at radius 1 is 0.727 bits per heavy atom. The van der Waals surface area contributed by atoms with Crippen molar-refractivity contribution < 1.29 is 9.84 Å². The zero-order valence-corrected chi connectivity index (χ0v) is 12.6. The van der Waals surface area contributed by atoms with E-state index in [0.717, 1.165) is 16.4 Å². The maximum absolute atomic E-state index is 9.45. The van der Waals surface area contributed by atoms with Crippen LogP contribution >= 0.6 is 11.8 Å². The van der Waals surface area contributed by atoms with Gasteiger partial charge in [0.15, 0.2) is 0 Å². The third-order valence-corrected chi connectivity index (χ3v) is 5.00. The first kappa shape index (κ1) is 13.3. The molecule has 0 unspecified atom stereocenters. The van der Waals surface area contributed by atoms with Crippen LogP contribution in [-0.4, -0.2) is 5.11 Å². The lowest BCUT2D eigenvalue weighted by Crippen LogP contribution is -2.07. The molecule has 0 bridgehead atoms. The molecule has 0 fully saturated rings. The maximum Gasteiger partial charge on any atom is 0.132 e. The van der Waals surface area contributed by atoms with Gasteiger partial charge >= 0.3 is 0 Å². The Bertz CT molecular complexity index is 766. The van der Waals surface area contributed by atoms with Gasteiger partial charge in [0.2, 0.25) is 0 Å². The predicted molar refractivity (Wildman–Crippen MR) is 88.8 cm³/mol. The number of hydrogen-bond donors (Lipinski definition) is 1. The molecule has 1 aliphatic rings. The fourth-order valence-electron chi connectivity index (χ4n) is 2.65. The number of aromatic hydroxyl groups is 1. The highest BCUT2D eigenvalue weighted by atomic mass is 32.2. The fraction of sp³-hybridized carbons (Fsp3) is 0.0526. The van der Waals surface area contributed by atoms with Gasteiger partial charge in [0, 0.05) is 16.0 Å². The third-order valence-electron chi connectivity index (χ3n) is 3.71. The normalized spacial score (nSPS) is 13.1. The van der Waals surface area contributed by atoms with Crippen molar-refractivity contribution in [1.82, 2.24) is 0 Å². The molecule has 3 aromatic carbocycles. The minimum atomic E-state index is 0.186. The van der Waals surface area contributed by atoms with Gasteiger partial charge in [-0.05, 0) is 36.4 Å². The fourth-order valence-corrected chi connectivity index (χ4v) is 3.86. The number of phenolic OH excluding ortho intramolecular Hbond substituents is 1. The van der Waals surface area contributed by atoms with Gasteiger partial charge in [-0.1, -0.05) is 36.4 Å². The second kappa shape index (κ2) is 5.43. The first-order chi connectivity index (χ1) is 10.8. The topological polar surface area (TPSA) is 29.5 Å². The van der Waals surface area contributed by atoms with Crippen molar-refractivity contribution in [2.24, 2.45) is 0 Å². The summed E-state index contributed by atoms with van der Waals surface area (Å²) < 4.78 is 6.01. The molecule has 1 N–H and O–H groups in total. The number of rotatable bonds is 2. The van der Waals surface area contributed by atoms with E-state index in [1.807, 2.05) is 48.5 Å². The maximum atomic E-state index is 9.45. The molecule has 0 spiro atoms. The summed E-state index contributed by atoms with van der Waals surface area (Å²) in [4.78, 5) is 1.12. The average Bonchev–Trinajstić information content (AvgIpc) is 2.56.